The fourth-order valence-corrected chi connectivity index (χ4v) is 2.50. The van der Waals surface area contributed by atoms with Crippen molar-refractivity contribution in [3.63, 3.8) is 0 Å². The van der Waals surface area contributed by atoms with Crippen molar-refractivity contribution in [2.24, 2.45) is 0 Å². The van der Waals surface area contributed by atoms with Gasteiger partial charge in [0.05, 0.1) is 0 Å². The summed E-state index contributed by atoms with van der Waals surface area (Å²) in [6, 6.07) is 8.83. The van der Waals surface area contributed by atoms with Gasteiger partial charge in [0.1, 0.15) is 6.10 Å². The molecule has 1 aromatic rings. The maximum atomic E-state index is 11.7. The molecule has 1 aromatic carbocycles. The molecule has 0 aliphatic heterocycles. The molecule has 2 aliphatic carbocycles. The molecule has 0 saturated heterocycles. The van der Waals surface area contributed by atoms with Gasteiger partial charge in [-0.2, -0.15) is 0 Å². The number of carbonyl (C=O) groups is 1. The minimum absolute atomic E-state index is 0.0287. The molecule has 0 heterocycles. The van der Waals surface area contributed by atoms with Crippen LogP contribution in [0.15, 0.2) is 24.3 Å². The van der Waals surface area contributed by atoms with Crippen molar-refractivity contribution in [2.45, 2.75) is 57.5 Å². The van der Waals surface area contributed by atoms with E-state index in [2.05, 4.69) is 24.3 Å². The van der Waals surface area contributed by atoms with Gasteiger partial charge in [-0.05, 0) is 49.7 Å². The highest BCUT2D eigenvalue weighted by Crippen LogP contribution is 2.14. The quantitative estimate of drug-likeness (QED) is 0.764. The van der Waals surface area contributed by atoms with Gasteiger partial charge in [-0.25, -0.2) is 0 Å². The van der Waals surface area contributed by atoms with Gasteiger partial charge in [0, 0.05) is 6.42 Å². The van der Waals surface area contributed by atoms with Crippen LogP contribution < -0.4 is 0 Å². The van der Waals surface area contributed by atoms with E-state index in [1.165, 1.54) is 11.1 Å². The summed E-state index contributed by atoms with van der Waals surface area (Å²) in [6.45, 7) is 0. The van der Waals surface area contributed by atoms with Crippen LogP contribution in [0, 0.1) is 0 Å². The average Bonchev–Trinajstić information content (AvgIpc) is 2.40. The van der Waals surface area contributed by atoms with E-state index in [4.69, 9.17) is 0 Å². The molecular formula is C16H22O2. The Kier molecular flexibility index (Phi) is 4.94. The van der Waals surface area contributed by atoms with Gasteiger partial charge < -0.3 is 5.11 Å². The van der Waals surface area contributed by atoms with Gasteiger partial charge in [-0.3, -0.25) is 4.79 Å². The Morgan fingerprint density at radius 3 is 1.94 bits per heavy atom. The SMILES string of the molecule is O=C1CCCCc2ccc(cc2)CCCCC1O. The third kappa shape index (κ3) is 3.95. The molecule has 98 valence electrons. The second kappa shape index (κ2) is 6.69. The maximum Gasteiger partial charge on any atom is 0.161 e. The van der Waals surface area contributed by atoms with E-state index in [0.29, 0.717) is 12.8 Å². The molecule has 0 saturated carbocycles. The third-order valence-electron chi connectivity index (χ3n) is 3.73. The average molecular weight is 246 g/mol. The second-order valence-electron chi connectivity index (χ2n) is 5.25. The Hall–Kier alpha value is -1.15. The van der Waals surface area contributed by atoms with E-state index in [1.807, 2.05) is 0 Å². The summed E-state index contributed by atoms with van der Waals surface area (Å²) in [5.74, 6) is 0.0287. The van der Waals surface area contributed by atoms with Gasteiger partial charge in [0.2, 0.25) is 0 Å². The van der Waals surface area contributed by atoms with Crippen molar-refractivity contribution in [1.29, 1.82) is 0 Å². The second-order valence-corrected chi connectivity index (χ2v) is 5.25. The van der Waals surface area contributed by atoms with Gasteiger partial charge in [-0.1, -0.05) is 30.7 Å². The van der Waals surface area contributed by atoms with Crippen molar-refractivity contribution in [1.82, 2.24) is 0 Å². The summed E-state index contributed by atoms with van der Waals surface area (Å²) in [5.41, 5.74) is 2.71. The van der Waals surface area contributed by atoms with E-state index in [9.17, 15) is 9.90 Å². The van der Waals surface area contributed by atoms with Gasteiger partial charge in [0.25, 0.3) is 0 Å². The number of rotatable bonds is 0. The van der Waals surface area contributed by atoms with Crippen molar-refractivity contribution in [3.8, 4) is 0 Å². The smallest absolute Gasteiger partial charge is 0.161 e. The lowest BCUT2D eigenvalue weighted by atomic mass is 9.97. The highest BCUT2D eigenvalue weighted by atomic mass is 16.3. The minimum atomic E-state index is -0.728. The lowest BCUT2D eigenvalue weighted by molar-refractivity contribution is -0.127. The molecule has 3 rings (SSSR count). The number of fused-ring (bicyclic) bond motifs is 11. The van der Waals surface area contributed by atoms with Crippen LogP contribution in [0.1, 0.15) is 49.7 Å². The topological polar surface area (TPSA) is 37.3 Å². The molecule has 0 amide bonds. The molecule has 0 spiro atoms. The van der Waals surface area contributed by atoms with Gasteiger partial charge in [0.15, 0.2) is 5.78 Å². The summed E-state index contributed by atoms with van der Waals surface area (Å²) in [5, 5.41) is 9.73. The first kappa shape index (κ1) is 13.3. The fourth-order valence-electron chi connectivity index (χ4n) is 2.50. The molecule has 2 bridgehead atoms. The first-order valence-electron chi connectivity index (χ1n) is 7.04. The summed E-state index contributed by atoms with van der Waals surface area (Å²) in [7, 11) is 0. The van der Waals surface area contributed by atoms with E-state index >= 15 is 0 Å². The van der Waals surface area contributed by atoms with Crippen molar-refractivity contribution >= 4 is 5.78 Å². The normalized spacial score (nSPS) is 22.7. The predicted octanol–water partition coefficient (Wildman–Crippen LogP) is 3.06. The molecule has 2 nitrogen and oxygen atoms in total. The summed E-state index contributed by atoms with van der Waals surface area (Å²) < 4.78 is 0. The first-order chi connectivity index (χ1) is 8.75. The Morgan fingerprint density at radius 1 is 0.833 bits per heavy atom. The highest BCUT2D eigenvalue weighted by Gasteiger charge is 2.14. The minimum Gasteiger partial charge on any atom is -0.385 e. The van der Waals surface area contributed by atoms with E-state index < -0.39 is 6.10 Å². The molecule has 18 heavy (non-hydrogen) atoms. The Morgan fingerprint density at radius 2 is 1.33 bits per heavy atom. The Balaban J connectivity index is 1.99. The number of hydrogen-bond donors (Lipinski definition) is 1. The Bertz CT molecular complexity index is 381. The molecule has 1 unspecified atom stereocenters. The molecule has 0 aromatic heterocycles. The molecule has 1 N–H and O–H groups in total. The van der Waals surface area contributed by atoms with Crippen molar-refractivity contribution < 1.29 is 9.90 Å². The van der Waals surface area contributed by atoms with Crippen LogP contribution in [-0.4, -0.2) is 17.0 Å². The number of carbonyl (C=O) groups excluding carboxylic acids is 1. The monoisotopic (exact) mass is 246 g/mol. The zero-order valence-corrected chi connectivity index (χ0v) is 10.9. The van der Waals surface area contributed by atoms with Crippen LogP contribution >= 0.6 is 0 Å². The lowest BCUT2D eigenvalue weighted by Gasteiger charge is -2.11. The molecule has 0 radical (unpaired) electrons. The summed E-state index contributed by atoms with van der Waals surface area (Å²) in [6.07, 6.45) is 6.38. The first-order valence-corrected chi connectivity index (χ1v) is 7.04. The molecule has 2 aliphatic rings. The zero-order valence-electron chi connectivity index (χ0n) is 10.9. The van der Waals surface area contributed by atoms with Gasteiger partial charge in [-0.15, -0.1) is 0 Å². The van der Waals surface area contributed by atoms with E-state index in [0.717, 1.165) is 38.5 Å². The van der Waals surface area contributed by atoms with Crippen LogP contribution in [0.25, 0.3) is 0 Å². The number of aliphatic hydroxyl groups excluding tert-OH is 1. The predicted molar refractivity (Wildman–Crippen MR) is 72.6 cm³/mol. The van der Waals surface area contributed by atoms with Crippen LogP contribution in [-0.2, 0) is 17.6 Å². The fraction of sp³-hybridized carbons (Fsp3) is 0.562. The zero-order chi connectivity index (χ0) is 12.8. The van der Waals surface area contributed by atoms with Crippen molar-refractivity contribution in [2.75, 3.05) is 0 Å². The number of aliphatic hydroxyl groups is 1. The largest absolute Gasteiger partial charge is 0.385 e. The molecule has 2 heteroatoms. The molecule has 1 atom stereocenters. The number of aryl methyl sites for hydroxylation is 2. The number of hydrogen-bond acceptors (Lipinski definition) is 2. The number of ketones is 1. The molecule has 0 fully saturated rings. The van der Waals surface area contributed by atoms with Gasteiger partial charge >= 0.3 is 0 Å². The standard InChI is InChI=1S/C16H22O2/c17-15-7-3-1-5-13-9-11-14(12-10-13)6-2-4-8-16(15)18/h9-12,15,17H,1-8H2. The van der Waals surface area contributed by atoms with Crippen LogP contribution in [0.4, 0.5) is 0 Å². The van der Waals surface area contributed by atoms with Crippen LogP contribution in [0.2, 0.25) is 0 Å². The van der Waals surface area contributed by atoms with Crippen LogP contribution in [0.5, 0.6) is 0 Å². The van der Waals surface area contributed by atoms with E-state index in [1.54, 1.807) is 0 Å². The van der Waals surface area contributed by atoms with E-state index in [-0.39, 0.29) is 5.78 Å². The van der Waals surface area contributed by atoms with Crippen LogP contribution in [0.3, 0.4) is 0 Å². The number of Topliss-reactive ketones (excluding diaryl/α,β-unsaturated/α-hetero) is 1. The lowest BCUT2D eigenvalue weighted by Crippen LogP contribution is -2.20. The summed E-state index contributed by atoms with van der Waals surface area (Å²) in [4.78, 5) is 11.7. The van der Waals surface area contributed by atoms with Crippen molar-refractivity contribution in [3.05, 3.63) is 35.4 Å². The highest BCUT2D eigenvalue weighted by molar-refractivity contribution is 5.82. The number of benzene rings is 1. The Labute approximate surface area is 109 Å². The molecular weight excluding hydrogens is 224 g/mol. The maximum absolute atomic E-state index is 11.7. The third-order valence-corrected chi connectivity index (χ3v) is 3.73. The summed E-state index contributed by atoms with van der Waals surface area (Å²) >= 11 is 0.